The Morgan fingerprint density at radius 2 is 1.60 bits per heavy atom. The van der Waals surface area contributed by atoms with Crippen LogP contribution >= 0.6 is 11.6 Å². The fourth-order valence-electron chi connectivity index (χ4n) is 3.20. The van der Waals surface area contributed by atoms with Gasteiger partial charge in [-0.15, -0.1) is 0 Å². The smallest absolute Gasteiger partial charge is 0.256 e. The van der Waals surface area contributed by atoms with E-state index in [4.69, 9.17) is 16.6 Å². The van der Waals surface area contributed by atoms with E-state index in [0.29, 0.717) is 27.7 Å². The molecule has 0 aliphatic rings. The number of hydrogen-bond donors (Lipinski definition) is 2. The average Bonchev–Trinajstić information content (AvgIpc) is 2.73. The summed E-state index contributed by atoms with van der Waals surface area (Å²) in [6.07, 6.45) is 0. The zero-order valence-corrected chi connectivity index (χ0v) is 16.9. The summed E-state index contributed by atoms with van der Waals surface area (Å²) in [7, 11) is 0. The maximum Gasteiger partial charge on any atom is 0.256 e. The molecule has 6 heteroatoms. The van der Waals surface area contributed by atoms with E-state index in [-0.39, 0.29) is 11.8 Å². The Morgan fingerprint density at radius 3 is 2.33 bits per heavy atom. The molecule has 0 atom stereocenters. The molecule has 0 saturated carbocycles. The molecule has 0 unspecified atom stereocenters. The summed E-state index contributed by atoms with van der Waals surface area (Å²) in [6.45, 7) is 1.46. The van der Waals surface area contributed by atoms with Gasteiger partial charge in [0.15, 0.2) is 0 Å². The molecular weight excluding hydrogens is 398 g/mol. The van der Waals surface area contributed by atoms with Crippen molar-refractivity contribution in [2.45, 2.75) is 6.92 Å². The fraction of sp³-hybridized carbons (Fsp3) is 0.0417. The largest absolute Gasteiger partial charge is 0.326 e. The lowest BCUT2D eigenvalue weighted by molar-refractivity contribution is -0.114. The average molecular weight is 416 g/mol. The Labute approximate surface area is 178 Å². The van der Waals surface area contributed by atoms with Gasteiger partial charge >= 0.3 is 0 Å². The number of rotatable bonds is 4. The van der Waals surface area contributed by atoms with Crippen molar-refractivity contribution in [3.05, 3.63) is 89.4 Å². The van der Waals surface area contributed by atoms with Crippen LogP contribution in [0.4, 0.5) is 11.4 Å². The van der Waals surface area contributed by atoms with Crippen molar-refractivity contribution in [3.63, 3.8) is 0 Å². The number of anilines is 2. The Morgan fingerprint density at radius 1 is 0.833 bits per heavy atom. The molecule has 0 spiro atoms. The van der Waals surface area contributed by atoms with Crippen LogP contribution in [0.1, 0.15) is 17.3 Å². The number of pyridine rings is 1. The Kier molecular flexibility index (Phi) is 5.46. The van der Waals surface area contributed by atoms with Gasteiger partial charge in [0.2, 0.25) is 5.91 Å². The molecule has 1 aromatic heterocycles. The first-order valence-electron chi connectivity index (χ1n) is 9.34. The fourth-order valence-corrected chi connectivity index (χ4v) is 3.39. The molecule has 0 saturated heterocycles. The second-order valence-electron chi connectivity index (χ2n) is 6.80. The lowest BCUT2D eigenvalue weighted by Gasteiger charge is -2.11. The zero-order valence-electron chi connectivity index (χ0n) is 16.1. The van der Waals surface area contributed by atoms with Gasteiger partial charge in [0.05, 0.1) is 16.8 Å². The van der Waals surface area contributed by atoms with Gasteiger partial charge in [0.1, 0.15) is 0 Å². The number of carbonyl (C=O) groups is 2. The van der Waals surface area contributed by atoms with Crippen LogP contribution in [0.25, 0.3) is 22.2 Å². The van der Waals surface area contributed by atoms with Crippen molar-refractivity contribution >= 4 is 45.7 Å². The van der Waals surface area contributed by atoms with Crippen LogP contribution in [-0.2, 0) is 4.79 Å². The molecule has 0 fully saturated rings. The van der Waals surface area contributed by atoms with Gasteiger partial charge in [-0.1, -0.05) is 48.0 Å². The number of aromatic nitrogens is 1. The number of halogens is 1. The minimum absolute atomic E-state index is 0.133. The van der Waals surface area contributed by atoms with Gasteiger partial charge in [0.25, 0.3) is 5.91 Å². The first-order valence-corrected chi connectivity index (χ1v) is 9.72. The van der Waals surface area contributed by atoms with Crippen LogP contribution in [-0.4, -0.2) is 16.8 Å². The summed E-state index contributed by atoms with van der Waals surface area (Å²) in [5.74, 6) is -0.376. The van der Waals surface area contributed by atoms with E-state index in [9.17, 15) is 9.59 Å². The first kappa shape index (κ1) is 19.6. The molecule has 2 N–H and O–H groups in total. The van der Waals surface area contributed by atoms with Gasteiger partial charge in [0, 0.05) is 34.3 Å². The van der Waals surface area contributed by atoms with Crippen LogP contribution in [0.3, 0.4) is 0 Å². The highest BCUT2D eigenvalue weighted by molar-refractivity contribution is 6.31. The van der Waals surface area contributed by atoms with E-state index in [1.54, 1.807) is 42.5 Å². The molecular formula is C24H18ClN3O2. The van der Waals surface area contributed by atoms with E-state index in [1.807, 2.05) is 36.4 Å². The number of carbonyl (C=O) groups excluding carboxylic acids is 2. The summed E-state index contributed by atoms with van der Waals surface area (Å²) in [5, 5.41) is 6.95. The first-order chi connectivity index (χ1) is 14.5. The highest BCUT2D eigenvalue weighted by Crippen LogP contribution is 2.27. The van der Waals surface area contributed by atoms with E-state index < -0.39 is 0 Å². The third-order valence-corrected chi connectivity index (χ3v) is 4.78. The molecule has 0 radical (unpaired) electrons. The van der Waals surface area contributed by atoms with Gasteiger partial charge < -0.3 is 10.6 Å². The van der Waals surface area contributed by atoms with E-state index >= 15 is 0 Å². The van der Waals surface area contributed by atoms with E-state index in [1.165, 1.54) is 6.92 Å². The summed E-state index contributed by atoms with van der Waals surface area (Å²) >= 11 is 6.03. The van der Waals surface area contributed by atoms with Crippen molar-refractivity contribution in [1.29, 1.82) is 0 Å². The Hall–Kier alpha value is -3.70. The molecule has 4 aromatic rings. The number of benzene rings is 3. The van der Waals surface area contributed by atoms with Crippen molar-refractivity contribution in [1.82, 2.24) is 4.98 Å². The number of nitrogens with one attached hydrogen (secondary N) is 2. The third kappa shape index (κ3) is 4.31. The second-order valence-corrected chi connectivity index (χ2v) is 7.23. The maximum atomic E-state index is 13.1. The van der Waals surface area contributed by atoms with Crippen molar-refractivity contribution < 1.29 is 9.59 Å². The molecule has 0 aliphatic carbocycles. The molecule has 30 heavy (non-hydrogen) atoms. The highest BCUT2D eigenvalue weighted by atomic mass is 35.5. The number of nitrogens with zero attached hydrogens (tertiary/aromatic N) is 1. The van der Waals surface area contributed by atoms with Gasteiger partial charge in [-0.2, -0.15) is 0 Å². The van der Waals surface area contributed by atoms with Gasteiger partial charge in [-0.05, 0) is 42.5 Å². The normalized spacial score (nSPS) is 10.6. The van der Waals surface area contributed by atoms with Crippen molar-refractivity contribution in [3.8, 4) is 11.3 Å². The van der Waals surface area contributed by atoms with E-state index in [2.05, 4.69) is 10.6 Å². The van der Waals surface area contributed by atoms with Crippen LogP contribution in [0.2, 0.25) is 5.02 Å². The quantitative estimate of drug-likeness (QED) is 0.444. The minimum Gasteiger partial charge on any atom is -0.326 e. The summed E-state index contributed by atoms with van der Waals surface area (Å²) in [4.78, 5) is 29.0. The number of amides is 2. The molecule has 148 valence electrons. The Bertz CT molecular complexity index is 1250. The Balaban J connectivity index is 1.74. The third-order valence-electron chi connectivity index (χ3n) is 4.54. The van der Waals surface area contributed by atoms with Crippen LogP contribution < -0.4 is 10.6 Å². The highest BCUT2D eigenvalue weighted by Gasteiger charge is 2.14. The lowest BCUT2D eigenvalue weighted by atomic mass is 10.0. The van der Waals surface area contributed by atoms with Gasteiger partial charge in [-0.25, -0.2) is 4.98 Å². The van der Waals surface area contributed by atoms with Crippen molar-refractivity contribution in [2.24, 2.45) is 0 Å². The monoisotopic (exact) mass is 415 g/mol. The molecule has 4 rings (SSSR count). The lowest BCUT2D eigenvalue weighted by Crippen LogP contribution is -2.13. The molecule has 2 amide bonds. The minimum atomic E-state index is -0.244. The maximum absolute atomic E-state index is 13.1. The van der Waals surface area contributed by atoms with E-state index in [0.717, 1.165) is 16.5 Å². The van der Waals surface area contributed by atoms with Crippen LogP contribution in [0, 0.1) is 0 Å². The molecule has 0 aliphatic heterocycles. The predicted octanol–water partition coefficient (Wildman–Crippen LogP) is 5.77. The molecule has 0 bridgehead atoms. The number of hydrogen-bond acceptors (Lipinski definition) is 3. The van der Waals surface area contributed by atoms with Crippen LogP contribution in [0.15, 0.2) is 78.9 Å². The molecule has 3 aromatic carbocycles. The summed E-state index contributed by atoms with van der Waals surface area (Å²) in [6, 6.07) is 23.6. The van der Waals surface area contributed by atoms with Crippen molar-refractivity contribution in [2.75, 3.05) is 10.6 Å². The second kappa shape index (κ2) is 8.35. The van der Waals surface area contributed by atoms with Crippen LogP contribution in [0.5, 0.6) is 0 Å². The standard InChI is InChI=1S/C24H18ClN3O2/c1-15(29)26-18-11-9-16(10-12-18)23-14-21(20-7-2-3-8-22(20)28-23)24(30)27-19-6-4-5-17(25)13-19/h2-14H,1H3,(H,26,29)(H,27,30). The zero-order chi connectivity index (χ0) is 21.1. The predicted molar refractivity (Wildman–Crippen MR) is 121 cm³/mol. The molecule has 1 heterocycles. The number of para-hydroxylation sites is 1. The number of fused-ring (bicyclic) bond motifs is 1. The summed E-state index contributed by atoms with van der Waals surface area (Å²) in [5.41, 5.74) is 4.06. The van der Waals surface area contributed by atoms with Gasteiger partial charge in [-0.3, -0.25) is 9.59 Å². The SMILES string of the molecule is CC(=O)Nc1ccc(-c2cc(C(=O)Nc3cccc(Cl)c3)c3ccccc3n2)cc1. The topological polar surface area (TPSA) is 71.1 Å². The summed E-state index contributed by atoms with van der Waals surface area (Å²) < 4.78 is 0. The molecule has 5 nitrogen and oxygen atoms in total.